The van der Waals surface area contributed by atoms with Gasteiger partial charge in [0.15, 0.2) is 6.66 Å². The lowest BCUT2D eigenvalue weighted by Crippen LogP contribution is -1.98. The summed E-state index contributed by atoms with van der Waals surface area (Å²) in [6.07, 6.45) is -0.0884. The average molecular weight is 151 g/mol. The summed E-state index contributed by atoms with van der Waals surface area (Å²) in [4.78, 5) is 9.81. The van der Waals surface area contributed by atoms with Crippen molar-refractivity contribution < 1.29 is 19.0 Å². The van der Waals surface area contributed by atoms with Gasteiger partial charge in [-0.15, -0.1) is 4.52 Å². The third-order valence-electron chi connectivity index (χ3n) is 0.589. The van der Waals surface area contributed by atoms with Gasteiger partial charge in [0.25, 0.3) is 0 Å². The molecule has 1 atom stereocenters. The highest BCUT2D eigenvalue weighted by Gasteiger charge is 2.07. The molecule has 0 radical (unpaired) electrons. The molecule has 0 aliphatic rings. The second kappa shape index (κ2) is 4.41. The Hall–Kier alpha value is -0.470. The third kappa shape index (κ3) is 7.53. The van der Waals surface area contributed by atoms with Crippen LogP contribution in [0.4, 0.5) is 0 Å². The standard InChI is InChI=1S/C4H7O4P/c1-9(7)8-3-2-4(5)6/h2-3H2,1H3/p+1. The fraction of sp³-hybridized carbons (Fsp3) is 0.750. The maximum atomic E-state index is 10.2. The first-order valence-corrected chi connectivity index (χ1v) is 4.01. The maximum absolute atomic E-state index is 10.2. The molecule has 0 aromatic heterocycles. The van der Waals surface area contributed by atoms with Crippen LogP contribution in [0.5, 0.6) is 0 Å². The molecule has 4 nitrogen and oxygen atoms in total. The van der Waals surface area contributed by atoms with E-state index in [1.165, 1.54) is 6.66 Å². The molecule has 1 N–H and O–H groups in total. The van der Waals surface area contributed by atoms with Gasteiger partial charge in [-0.1, -0.05) is 0 Å². The molecule has 9 heavy (non-hydrogen) atoms. The number of carboxylic acid groups (broad SMARTS) is 1. The lowest BCUT2D eigenvalue weighted by molar-refractivity contribution is -0.137. The number of carbonyl (C=O) groups is 1. The van der Waals surface area contributed by atoms with Gasteiger partial charge in [0.1, 0.15) is 6.61 Å². The Kier molecular flexibility index (Phi) is 4.18. The molecule has 0 aromatic carbocycles. The summed E-state index contributed by atoms with van der Waals surface area (Å²) in [6, 6.07) is 0. The van der Waals surface area contributed by atoms with Crippen LogP contribution < -0.4 is 0 Å². The van der Waals surface area contributed by atoms with Crippen LogP contribution in [0.1, 0.15) is 6.42 Å². The zero-order valence-electron chi connectivity index (χ0n) is 5.03. The predicted octanol–water partition coefficient (Wildman–Crippen LogP) is 0.850. The van der Waals surface area contributed by atoms with Crippen LogP contribution in [0.2, 0.25) is 0 Å². The lowest BCUT2D eigenvalue weighted by Gasteiger charge is -1.84. The lowest BCUT2D eigenvalue weighted by atomic mass is 10.5. The fourth-order valence-corrected chi connectivity index (χ4v) is 0.610. The van der Waals surface area contributed by atoms with Crippen molar-refractivity contribution >= 4 is 14.0 Å². The molecule has 5 heteroatoms. The van der Waals surface area contributed by atoms with Gasteiger partial charge in [0.05, 0.1) is 6.42 Å². The average Bonchev–Trinajstić information content (AvgIpc) is 1.63. The van der Waals surface area contributed by atoms with Gasteiger partial charge in [-0.2, -0.15) is 0 Å². The molecule has 0 spiro atoms. The van der Waals surface area contributed by atoms with Gasteiger partial charge in [-0.05, 0) is 4.57 Å². The van der Waals surface area contributed by atoms with Crippen LogP contribution >= 0.6 is 8.03 Å². The summed E-state index contributed by atoms with van der Waals surface area (Å²) in [5, 5.41) is 8.05. The Bertz CT molecular complexity index is 108. The van der Waals surface area contributed by atoms with Crippen LogP contribution in [0.25, 0.3) is 0 Å². The van der Waals surface area contributed by atoms with Crippen molar-refractivity contribution in [1.29, 1.82) is 0 Å². The summed E-state index contributed by atoms with van der Waals surface area (Å²) >= 11 is 0. The second-order valence-electron chi connectivity index (χ2n) is 1.42. The summed E-state index contributed by atoms with van der Waals surface area (Å²) in [7, 11) is -1.64. The van der Waals surface area contributed by atoms with Crippen LogP contribution in [0.15, 0.2) is 0 Å². The summed E-state index contributed by atoms with van der Waals surface area (Å²) in [5.74, 6) is -0.938. The van der Waals surface area contributed by atoms with E-state index in [9.17, 15) is 9.36 Å². The molecule has 0 saturated carbocycles. The normalized spacial score (nSPS) is 11.0. The fourth-order valence-electron chi connectivity index (χ4n) is 0.262. The number of carboxylic acids is 1. The van der Waals surface area contributed by atoms with Crippen molar-refractivity contribution in [3.63, 3.8) is 0 Å². The zero-order chi connectivity index (χ0) is 7.28. The van der Waals surface area contributed by atoms with Gasteiger partial charge in [-0.25, -0.2) is 0 Å². The molecule has 0 aliphatic carbocycles. The Morgan fingerprint density at radius 2 is 2.33 bits per heavy atom. The van der Waals surface area contributed by atoms with E-state index in [-0.39, 0.29) is 13.0 Å². The topological polar surface area (TPSA) is 63.6 Å². The smallest absolute Gasteiger partial charge is 0.481 e. The molecule has 0 rings (SSSR count). The quantitative estimate of drug-likeness (QED) is 0.605. The van der Waals surface area contributed by atoms with E-state index in [1.54, 1.807) is 0 Å². The Balaban J connectivity index is 3.10. The zero-order valence-corrected chi connectivity index (χ0v) is 5.93. The molecular formula is C4H8O4P+. The third-order valence-corrected chi connectivity index (χ3v) is 1.14. The molecule has 0 saturated heterocycles. The molecular weight excluding hydrogens is 143 g/mol. The van der Waals surface area contributed by atoms with E-state index in [4.69, 9.17) is 5.11 Å². The van der Waals surface area contributed by atoms with E-state index in [2.05, 4.69) is 4.52 Å². The summed E-state index contributed by atoms with van der Waals surface area (Å²) in [5.41, 5.74) is 0. The molecule has 0 aromatic rings. The van der Waals surface area contributed by atoms with Crippen LogP contribution in [0, 0.1) is 0 Å². The summed E-state index contributed by atoms with van der Waals surface area (Å²) in [6.45, 7) is 1.41. The SMILES string of the molecule is C[P+](=O)OCCC(=O)O. The molecule has 0 bridgehead atoms. The minimum absolute atomic E-state index is 0.0288. The number of hydrogen-bond acceptors (Lipinski definition) is 3. The van der Waals surface area contributed by atoms with Gasteiger partial charge in [0, 0.05) is 0 Å². The van der Waals surface area contributed by atoms with Crippen molar-refractivity contribution in [1.82, 2.24) is 0 Å². The Labute approximate surface area is 53.7 Å². The van der Waals surface area contributed by atoms with E-state index in [0.29, 0.717) is 0 Å². The second-order valence-corrected chi connectivity index (χ2v) is 2.55. The van der Waals surface area contributed by atoms with Crippen LogP contribution in [0.3, 0.4) is 0 Å². The monoisotopic (exact) mass is 151 g/mol. The van der Waals surface area contributed by atoms with E-state index >= 15 is 0 Å². The molecule has 1 unspecified atom stereocenters. The van der Waals surface area contributed by atoms with Gasteiger partial charge in [0.2, 0.25) is 0 Å². The Morgan fingerprint density at radius 3 is 2.67 bits per heavy atom. The molecule has 0 amide bonds. The first-order chi connectivity index (χ1) is 4.13. The van der Waals surface area contributed by atoms with Gasteiger partial charge in [-0.3, -0.25) is 4.79 Å². The van der Waals surface area contributed by atoms with Gasteiger partial charge >= 0.3 is 14.0 Å². The highest BCUT2D eigenvalue weighted by Crippen LogP contribution is 2.14. The maximum Gasteiger partial charge on any atom is 0.504 e. The highest BCUT2D eigenvalue weighted by molar-refractivity contribution is 7.38. The molecule has 0 aliphatic heterocycles. The van der Waals surface area contributed by atoms with Crippen molar-refractivity contribution in [2.24, 2.45) is 0 Å². The summed E-state index contributed by atoms with van der Waals surface area (Å²) < 4.78 is 14.6. The van der Waals surface area contributed by atoms with E-state index < -0.39 is 14.0 Å². The Morgan fingerprint density at radius 1 is 1.78 bits per heavy atom. The van der Waals surface area contributed by atoms with Crippen LogP contribution in [-0.4, -0.2) is 24.3 Å². The van der Waals surface area contributed by atoms with Crippen molar-refractivity contribution in [2.45, 2.75) is 6.42 Å². The van der Waals surface area contributed by atoms with Crippen molar-refractivity contribution in [2.75, 3.05) is 13.3 Å². The minimum atomic E-state index is -1.64. The number of rotatable bonds is 4. The van der Waals surface area contributed by atoms with E-state index in [0.717, 1.165) is 0 Å². The highest BCUT2D eigenvalue weighted by atomic mass is 31.1. The number of hydrogen-bond donors (Lipinski definition) is 1. The number of aliphatic carboxylic acids is 1. The molecule has 0 heterocycles. The predicted molar refractivity (Wildman–Crippen MR) is 31.7 cm³/mol. The first kappa shape index (κ1) is 8.53. The van der Waals surface area contributed by atoms with Crippen LogP contribution in [-0.2, 0) is 13.9 Å². The molecule has 52 valence electrons. The minimum Gasteiger partial charge on any atom is -0.481 e. The largest absolute Gasteiger partial charge is 0.504 e. The van der Waals surface area contributed by atoms with Crippen molar-refractivity contribution in [3.05, 3.63) is 0 Å². The van der Waals surface area contributed by atoms with Gasteiger partial charge < -0.3 is 5.11 Å². The first-order valence-electron chi connectivity index (χ1n) is 2.38. The van der Waals surface area contributed by atoms with Crippen molar-refractivity contribution in [3.8, 4) is 0 Å². The molecule has 0 fully saturated rings. The van der Waals surface area contributed by atoms with E-state index in [1.807, 2.05) is 0 Å².